The highest BCUT2D eigenvalue weighted by Gasteiger charge is 2.38. The van der Waals surface area contributed by atoms with E-state index in [1.165, 1.54) is 446 Å². The Balaban J connectivity index is 1.23. The molecule has 2 aliphatic heterocycles. The second-order valence-electron chi connectivity index (χ2n) is 32.4. The molecule has 0 aromatic carbocycles. The van der Waals surface area contributed by atoms with Crippen LogP contribution in [0.25, 0.3) is 0 Å². The number of nitrogens with one attached hydrogen (secondary N) is 3. The molecule has 0 radical (unpaired) electrons. The molecule has 0 aliphatic carbocycles. The lowest BCUT2D eigenvalue weighted by Crippen LogP contribution is -2.40. The summed E-state index contributed by atoms with van der Waals surface area (Å²) in [4.78, 5) is 54.6. The highest BCUT2D eigenvalue weighted by Crippen LogP contribution is 2.28. The van der Waals surface area contributed by atoms with Crippen LogP contribution in [0.15, 0.2) is 0 Å². The Bertz CT molecular complexity index is 1710. The smallest absolute Gasteiger partial charge is 0.232 e. The molecule has 3 N–H and O–H groups in total. The Hall–Kier alpha value is -1.84. The fourth-order valence-electron chi connectivity index (χ4n) is 16.1. The zero-order valence-electron chi connectivity index (χ0n) is 67.2. The molecule has 2 aliphatic rings. The van der Waals surface area contributed by atoms with Gasteiger partial charge in [-0.15, -0.1) is 0 Å². The minimum absolute atomic E-state index is 0.00672. The van der Waals surface area contributed by atoms with Crippen molar-refractivity contribution >= 4 is 23.6 Å². The van der Waals surface area contributed by atoms with Crippen LogP contribution in [0.5, 0.6) is 0 Å². The molecule has 4 amide bonds. The van der Waals surface area contributed by atoms with Crippen LogP contribution in [0.3, 0.4) is 0 Å². The molecule has 0 saturated carbocycles. The number of unbranched alkanes of at least 4 members (excludes halogenated alkanes) is 68. The van der Waals surface area contributed by atoms with Gasteiger partial charge < -0.3 is 16.0 Å². The van der Waals surface area contributed by atoms with Crippen molar-refractivity contribution in [1.29, 1.82) is 0 Å². The number of hydrogen-bond donors (Lipinski definition) is 3. The standard InChI is InChI=1S/C90H175N5O4/c1-3-5-7-9-11-13-15-17-19-21-23-25-27-29-31-33-35-37-39-40-42-44-46-48-50-52-54-56-58-60-62-64-66-68-70-72-74-86-84-88(97)95(90(86)99)82-80-93-78-76-91-75-77-92-79-81-94-87(96)83-85(89(94)98)73-71-69-67-65-63-61-59-57-55-53-51-49-47-45-43-41-38-36-34-32-30-28-26-24-22-20-18-16-14-12-10-8-6-4-2/h85-86,91-93H,3-84H2,1-2H3. The van der Waals surface area contributed by atoms with Crippen LogP contribution in [-0.4, -0.2) is 85.8 Å². The van der Waals surface area contributed by atoms with Gasteiger partial charge in [0.05, 0.1) is 0 Å². The SMILES string of the molecule is CCCCCCCCCCCCCCCCCCCCCCCCCCCCCCCCCCCCCCC1CC(=O)N(CCNCCNCCNCCN2C(=O)CC(CCCCCCCCCCCCCCCCCCCCCCCCCCCCCCCCCCCC)C2=O)C1=O. The first-order valence-electron chi connectivity index (χ1n) is 45.8. The summed E-state index contributed by atoms with van der Waals surface area (Å²) < 4.78 is 0. The third-order valence-corrected chi connectivity index (χ3v) is 23.0. The molecule has 9 heteroatoms. The van der Waals surface area contributed by atoms with Crippen molar-refractivity contribution in [2.24, 2.45) is 11.8 Å². The van der Waals surface area contributed by atoms with E-state index in [0.717, 1.165) is 51.9 Å². The summed E-state index contributed by atoms with van der Waals surface area (Å²) in [6.45, 7) is 9.84. The highest BCUT2D eigenvalue weighted by molar-refractivity contribution is 6.04. The molecule has 2 heterocycles. The summed E-state index contributed by atoms with van der Waals surface area (Å²) in [7, 11) is 0. The van der Waals surface area contributed by atoms with Gasteiger partial charge in [0.25, 0.3) is 0 Å². The van der Waals surface area contributed by atoms with Gasteiger partial charge in [-0.05, 0) is 12.8 Å². The third-order valence-electron chi connectivity index (χ3n) is 23.0. The number of amides is 4. The van der Waals surface area contributed by atoms with Gasteiger partial charge in [-0.25, -0.2) is 0 Å². The van der Waals surface area contributed by atoms with Crippen LogP contribution in [0.4, 0.5) is 0 Å². The van der Waals surface area contributed by atoms with E-state index in [0.29, 0.717) is 39.0 Å². The largest absolute Gasteiger partial charge is 0.314 e. The maximum absolute atomic E-state index is 13.1. The van der Waals surface area contributed by atoms with Gasteiger partial charge in [0.15, 0.2) is 0 Å². The molecule has 0 spiro atoms. The van der Waals surface area contributed by atoms with Crippen molar-refractivity contribution in [2.45, 2.75) is 489 Å². The van der Waals surface area contributed by atoms with E-state index in [2.05, 4.69) is 29.8 Å². The monoisotopic (exact) mass is 1390 g/mol. The van der Waals surface area contributed by atoms with Crippen molar-refractivity contribution in [3.63, 3.8) is 0 Å². The van der Waals surface area contributed by atoms with Crippen LogP contribution < -0.4 is 16.0 Å². The van der Waals surface area contributed by atoms with Crippen LogP contribution in [0, 0.1) is 11.8 Å². The molecule has 584 valence electrons. The molecular formula is C90H175N5O4. The second kappa shape index (κ2) is 75.8. The molecule has 2 rings (SSSR count). The molecule has 2 atom stereocenters. The minimum atomic E-state index is -0.125. The van der Waals surface area contributed by atoms with Crippen molar-refractivity contribution < 1.29 is 19.2 Å². The normalized spacial score (nSPS) is 15.1. The Labute approximate surface area is 618 Å². The van der Waals surface area contributed by atoms with Crippen molar-refractivity contribution in [3.8, 4) is 0 Å². The summed E-state index contributed by atoms with van der Waals surface area (Å²) >= 11 is 0. The van der Waals surface area contributed by atoms with E-state index in [-0.39, 0.29) is 35.5 Å². The molecular weight excluding hydrogens is 1220 g/mol. The predicted octanol–water partition coefficient (Wildman–Crippen LogP) is 26.6. The summed E-state index contributed by atoms with van der Waals surface area (Å²) in [6.07, 6.45) is 101. The maximum Gasteiger partial charge on any atom is 0.232 e. The number of imide groups is 2. The first-order valence-corrected chi connectivity index (χ1v) is 45.8. The van der Waals surface area contributed by atoms with Crippen molar-refractivity contribution in [1.82, 2.24) is 25.8 Å². The first kappa shape index (κ1) is 93.2. The maximum atomic E-state index is 13.1. The predicted molar refractivity (Wildman–Crippen MR) is 432 cm³/mol. The summed E-state index contributed by atoms with van der Waals surface area (Å²) in [6, 6.07) is 0. The van der Waals surface area contributed by atoms with E-state index in [9.17, 15) is 19.2 Å². The number of carbonyl (C=O) groups excluding carboxylic acids is 4. The molecule has 2 saturated heterocycles. The second-order valence-corrected chi connectivity index (χ2v) is 32.4. The summed E-state index contributed by atoms with van der Waals surface area (Å²) in [5.41, 5.74) is 0. The third kappa shape index (κ3) is 61.1. The molecule has 2 unspecified atom stereocenters. The average molecular weight is 1390 g/mol. The van der Waals surface area contributed by atoms with E-state index in [1.54, 1.807) is 0 Å². The first-order chi connectivity index (χ1) is 49.0. The van der Waals surface area contributed by atoms with E-state index in [1.807, 2.05) is 0 Å². The average Bonchev–Trinajstić information content (AvgIpc) is 1.72. The summed E-state index contributed by atoms with van der Waals surface area (Å²) in [5.74, 6) is -0.194. The van der Waals surface area contributed by atoms with Gasteiger partial charge in [-0.3, -0.25) is 29.0 Å². The van der Waals surface area contributed by atoms with Gasteiger partial charge in [0.1, 0.15) is 0 Å². The Morgan fingerprint density at radius 2 is 0.354 bits per heavy atom. The zero-order chi connectivity index (χ0) is 70.7. The van der Waals surface area contributed by atoms with E-state index in [4.69, 9.17) is 0 Å². The lowest BCUT2D eigenvalue weighted by Gasteiger charge is -2.16. The highest BCUT2D eigenvalue weighted by atomic mass is 16.2. The van der Waals surface area contributed by atoms with Crippen LogP contribution in [0.2, 0.25) is 0 Å². The van der Waals surface area contributed by atoms with Gasteiger partial charge in [0.2, 0.25) is 23.6 Å². The van der Waals surface area contributed by atoms with Crippen LogP contribution in [-0.2, 0) is 19.2 Å². The van der Waals surface area contributed by atoms with E-state index < -0.39 is 0 Å². The lowest BCUT2D eigenvalue weighted by atomic mass is 9.98. The van der Waals surface area contributed by atoms with Gasteiger partial charge in [-0.2, -0.15) is 0 Å². The minimum Gasteiger partial charge on any atom is -0.314 e. The molecule has 0 aromatic rings. The fourth-order valence-corrected chi connectivity index (χ4v) is 16.1. The number of carbonyl (C=O) groups is 4. The van der Waals surface area contributed by atoms with Crippen molar-refractivity contribution in [2.75, 3.05) is 52.4 Å². The molecule has 2 fully saturated rings. The number of hydrogen-bond acceptors (Lipinski definition) is 7. The molecule has 0 aromatic heterocycles. The van der Waals surface area contributed by atoms with Crippen molar-refractivity contribution in [3.05, 3.63) is 0 Å². The number of rotatable bonds is 84. The van der Waals surface area contributed by atoms with E-state index >= 15 is 0 Å². The van der Waals surface area contributed by atoms with Gasteiger partial charge in [0, 0.05) is 77.0 Å². The lowest BCUT2D eigenvalue weighted by molar-refractivity contribution is -0.140. The van der Waals surface area contributed by atoms with Gasteiger partial charge in [-0.1, -0.05) is 463 Å². The topological polar surface area (TPSA) is 111 Å². The van der Waals surface area contributed by atoms with Crippen LogP contribution >= 0.6 is 0 Å². The Kier molecular flexibility index (Phi) is 71.4. The molecule has 9 nitrogen and oxygen atoms in total. The quantitative estimate of drug-likeness (QED) is 0.0411. The van der Waals surface area contributed by atoms with Crippen LogP contribution in [0.1, 0.15) is 489 Å². The fraction of sp³-hybridized carbons (Fsp3) is 0.956. The number of likely N-dealkylation sites (tertiary alicyclic amines) is 2. The Morgan fingerprint density at radius 1 is 0.212 bits per heavy atom. The zero-order valence-corrected chi connectivity index (χ0v) is 67.2. The number of nitrogens with zero attached hydrogens (tertiary/aromatic N) is 2. The Morgan fingerprint density at radius 3 is 0.515 bits per heavy atom. The molecule has 0 bridgehead atoms. The molecule has 99 heavy (non-hydrogen) atoms. The van der Waals surface area contributed by atoms with Gasteiger partial charge >= 0.3 is 0 Å². The summed E-state index contributed by atoms with van der Waals surface area (Å²) in [5, 5.41) is 10.2.